The predicted octanol–water partition coefficient (Wildman–Crippen LogP) is 2.10. The van der Waals surface area contributed by atoms with Gasteiger partial charge in [-0.25, -0.2) is 4.79 Å². The molecule has 0 aromatic heterocycles. The topological polar surface area (TPSA) is 46.5 Å². The van der Waals surface area contributed by atoms with E-state index < -0.39 is 5.97 Å². The van der Waals surface area contributed by atoms with E-state index in [9.17, 15) is 4.79 Å². The number of benzene rings is 1. The third-order valence-corrected chi connectivity index (χ3v) is 1.99. The standard InChI is InChI=1S/C12H12O3/c1-3-4-8-15-11-7-5-6-10(9(11)2)12(13)14/h5-7H,8H2,1-2H3,(H,13,14). The number of carboxylic acids is 1. The molecule has 0 radical (unpaired) electrons. The van der Waals surface area contributed by atoms with Crippen LogP contribution < -0.4 is 4.74 Å². The number of rotatable bonds is 3. The number of carboxylic acid groups (broad SMARTS) is 1. The first-order valence-electron chi connectivity index (χ1n) is 4.52. The highest BCUT2D eigenvalue weighted by Crippen LogP contribution is 2.21. The summed E-state index contributed by atoms with van der Waals surface area (Å²) in [5.41, 5.74) is 0.889. The third-order valence-electron chi connectivity index (χ3n) is 1.99. The van der Waals surface area contributed by atoms with Crippen LogP contribution in [0.4, 0.5) is 0 Å². The highest BCUT2D eigenvalue weighted by molar-refractivity contribution is 5.90. The number of hydrogen-bond donors (Lipinski definition) is 1. The average Bonchev–Trinajstić information content (AvgIpc) is 2.20. The number of hydrogen-bond acceptors (Lipinski definition) is 2. The highest BCUT2D eigenvalue weighted by Gasteiger charge is 2.10. The molecule has 0 saturated carbocycles. The summed E-state index contributed by atoms with van der Waals surface area (Å²) in [6.45, 7) is 3.72. The number of ether oxygens (including phenoxy) is 1. The summed E-state index contributed by atoms with van der Waals surface area (Å²) in [6.07, 6.45) is 0. The van der Waals surface area contributed by atoms with Crippen LogP contribution in [-0.4, -0.2) is 17.7 Å². The minimum Gasteiger partial charge on any atom is -0.481 e. The molecule has 0 spiro atoms. The van der Waals surface area contributed by atoms with E-state index in [1.165, 1.54) is 0 Å². The van der Waals surface area contributed by atoms with Crippen molar-refractivity contribution >= 4 is 5.97 Å². The SMILES string of the molecule is CC#CCOc1cccc(C(=O)O)c1C. The molecule has 0 amide bonds. The Labute approximate surface area is 88.7 Å². The van der Waals surface area contributed by atoms with Crippen molar-refractivity contribution in [1.29, 1.82) is 0 Å². The van der Waals surface area contributed by atoms with E-state index in [-0.39, 0.29) is 12.2 Å². The lowest BCUT2D eigenvalue weighted by atomic mass is 10.1. The Morgan fingerprint density at radius 2 is 2.27 bits per heavy atom. The minimum absolute atomic E-state index is 0.261. The van der Waals surface area contributed by atoms with E-state index in [4.69, 9.17) is 9.84 Å². The Bertz CT molecular complexity index is 424. The molecule has 0 aliphatic rings. The maximum absolute atomic E-state index is 10.8. The van der Waals surface area contributed by atoms with Crippen molar-refractivity contribution in [2.75, 3.05) is 6.61 Å². The molecule has 1 rings (SSSR count). The summed E-state index contributed by atoms with van der Waals surface area (Å²) < 4.78 is 5.33. The molecule has 0 aliphatic carbocycles. The summed E-state index contributed by atoms with van der Waals surface area (Å²) in [5.74, 6) is 5.08. The maximum Gasteiger partial charge on any atom is 0.336 e. The largest absolute Gasteiger partial charge is 0.481 e. The van der Waals surface area contributed by atoms with Gasteiger partial charge in [-0.1, -0.05) is 12.0 Å². The summed E-state index contributed by atoms with van der Waals surface area (Å²) in [4.78, 5) is 10.8. The first kappa shape index (κ1) is 11.1. The summed E-state index contributed by atoms with van der Waals surface area (Å²) in [5, 5.41) is 8.88. The van der Waals surface area contributed by atoms with Gasteiger partial charge in [0.2, 0.25) is 0 Å². The van der Waals surface area contributed by atoms with Gasteiger partial charge in [-0.2, -0.15) is 0 Å². The van der Waals surface area contributed by atoms with Crippen molar-refractivity contribution in [3.8, 4) is 17.6 Å². The second kappa shape index (κ2) is 5.06. The molecule has 15 heavy (non-hydrogen) atoms. The molecule has 1 aromatic rings. The minimum atomic E-state index is -0.945. The van der Waals surface area contributed by atoms with Gasteiger partial charge in [0.15, 0.2) is 0 Å². The van der Waals surface area contributed by atoms with Gasteiger partial charge in [-0.15, -0.1) is 5.92 Å². The predicted molar refractivity (Wildman–Crippen MR) is 57.1 cm³/mol. The van der Waals surface area contributed by atoms with E-state index in [1.807, 2.05) is 0 Å². The third kappa shape index (κ3) is 2.75. The van der Waals surface area contributed by atoms with Gasteiger partial charge in [0.05, 0.1) is 5.56 Å². The zero-order chi connectivity index (χ0) is 11.3. The molecule has 0 heterocycles. The van der Waals surface area contributed by atoms with Crippen LogP contribution in [0.1, 0.15) is 22.8 Å². The highest BCUT2D eigenvalue weighted by atomic mass is 16.5. The molecule has 0 unspecified atom stereocenters. The number of aromatic carboxylic acids is 1. The molecule has 3 nitrogen and oxygen atoms in total. The zero-order valence-electron chi connectivity index (χ0n) is 8.70. The number of carbonyl (C=O) groups is 1. The molecule has 0 aliphatic heterocycles. The van der Waals surface area contributed by atoms with E-state index in [0.717, 1.165) is 0 Å². The van der Waals surface area contributed by atoms with Gasteiger partial charge >= 0.3 is 5.97 Å². The van der Waals surface area contributed by atoms with Crippen LogP contribution in [0.25, 0.3) is 0 Å². The van der Waals surface area contributed by atoms with Gasteiger partial charge in [-0.05, 0) is 26.0 Å². The van der Waals surface area contributed by atoms with Gasteiger partial charge < -0.3 is 9.84 Å². The molecule has 0 atom stereocenters. The van der Waals surface area contributed by atoms with Crippen LogP contribution in [0.2, 0.25) is 0 Å². The lowest BCUT2D eigenvalue weighted by Crippen LogP contribution is -2.03. The Hall–Kier alpha value is -1.95. The van der Waals surface area contributed by atoms with Crippen molar-refractivity contribution in [1.82, 2.24) is 0 Å². The first-order chi connectivity index (χ1) is 7.16. The fourth-order valence-corrected chi connectivity index (χ4v) is 1.19. The second-order valence-corrected chi connectivity index (χ2v) is 2.95. The lowest BCUT2D eigenvalue weighted by Gasteiger charge is -2.08. The maximum atomic E-state index is 10.8. The summed E-state index contributed by atoms with van der Waals surface area (Å²) >= 11 is 0. The van der Waals surface area contributed by atoms with Crippen LogP contribution in [-0.2, 0) is 0 Å². The van der Waals surface area contributed by atoms with Crippen LogP contribution in [0.5, 0.6) is 5.75 Å². The monoisotopic (exact) mass is 204 g/mol. The molecular formula is C12H12O3. The van der Waals surface area contributed by atoms with Crippen molar-refractivity contribution in [2.24, 2.45) is 0 Å². The van der Waals surface area contributed by atoms with Crippen LogP contribution in [0.15, 0.2) is 18.2 Å². The molecule has 0 saturated heterocycles. The van der Waals surface area contributed by atoms with E-state index in [0.29, 0.717) is 11.3 Å². The normalized spacial score (nSPS) is 8.93. The summed E-state index contributed by atoms with van der Waals surface area (Å²) in [7, 11) is 0. The molecule has 0 fully saturated rings. The molecular weight excluding hydrogens is 192 g/mol. The van der Waals surface area contributed by atoms with E-state index in [2.05, 4.69) is 11.8 Å². The fraction of sp³-hybridized carbons (Fsp3) is 0.250. The zero-order valence-corrected chi connectivity index (χ0v) is 8.70. The van der Waals surface area contributed by atoms with Crippen molar-refractivity contribution < 1.29 is 14.6 Å². The smallest absolute Gasteiger partial charge is 0.336 e. The molecule has 78 valence electrons. The summed E-state index contributed by atoms with van der Waals surface area (Å²) in [6, 6.07) is 4.94. The van der Waals surface area contributed by atoms with Crippen molar-refractivity contribution in [3.63, 3.8) is 0 Å². The Morgan fingerprint density at radius 3 is 2.87 bits per heavy atom. The van der Waals surface area contributed by atoms with E-state index in [1.54, 1.807) is 32.0 Å². The molecule has 1 aromatic carbocycles. The first-order valence-corrected chi connectivity index (χ1v) is 4.52. The lowest BCUT2D eigenvalue weighted by molar-refractivity contribution is 0.0695. The quantitative estimate of drug-likeness (QED) is 0.767. The van der Waals surface area contributed by atoms with Crippen molar-refractivity contribution in [3.05, 3.63) is 29.3 Å². The molecule has 0 bridgehead atoms. The Morgan fingerprint density at radius 1 is 1.53 bits per heavy atom. The Kier molecular flexibility index (Phi) is 3.75. The van der Waals surface area contributed by atoms with Gasteiger partial charge in [0.25, 0.3) is 0 Å². The van der Waals surface area contributed by atoms with Crippen LogP contribution >= 0.6 is 0 Å². The average molecular weight is 204 g/mol. The molecule has 1 N–H and O–H groups in total. The van der Waals surface area contributed by atoms with E-state index >= 15 is 0 Å². The van der Waals surface area contributed by atoms with Gasteiger partial charge in [-0.3, -0.25) is 0 Å². The fourth-order valence-electron chi connectivity index (χ4n) is 1.19. The second-order valence-electron chi connectivity index (χ2n) is 2.95. The van der Waals surface area contributed by atoms with Crippen LogP contribution in [0, 0.1) is 18.8 Å². The Balaban J connectivity index is 2.92. The van der Waals surface area contributed by atoms with Gasteiger partial charge in [0, 0.05) is 5.56 Å². The van der Waals surface area contributed by atoms with Gasteiger partial charge in [0.1, 0.15) is 12.4 Å². The van der Waals surface area contributed by atoms with Crippen molar-refractivity contribution in [2.45, 2.75) is 13.8 Å². The molecule has 3 heteroatoms. The van der Waals surface area contributed by atoms with Crippen LogP contribution in [0.3, 0.4) is 0 Å².